The van der Waals surface area contributed by atoms with Crippen molar-refractivity contribution in [2.75, 3.05) is 38.5 Å². The van der Waals surface area contributed by atoms with Crippen LogP contribution in [0.1, 0.15) is 23.8 Å². The van der Waals surface area contributed by atoms with E-state index in [1.165, 1.54) is 0 Å². The van der Waals surface area contributed by atoms with Crippen molar-refractivity contribution in [3.8, 4) is 0 Å². The van der Waals surface area contributed by atoms with Gasteiger partial charge in [0.05, 0.1) is 0 Å². The smallest absolute Gasteiger partial charge is 0.280 e. The predicted molar refractivity (Wildman–Crippen MR) is 61.3 cm³/mol. The first kappa shape index (κ1) is 11.8. The molecule has 0 spiro atoms. The Kier molecular flexibility index (Phi) is 3.58. The summed E-state index contributed by atoms with van der Waals surface area (Å²) in [6.45, 7) is 6.42. The molecule has 1 aromatic rings. The van der Waals surface area contributed by atoms with Gasteiger partial charge in [0.15, 0.2) is 0 Å². The lowest BCUT2D eigenvalue weighted by molar-refractivity contribution is 0.0627. The third kappa shape index (κ3) is 2.55. The fraction of sp³-hybridized carbons (Fsp3) is 0.700. The van der Waals surface area contributed by atoms with Gasteiger partial charge in [-0.05, 0) is 23.3 Å². The SMILES string of the molecule is CCCN1CCN(C(=O)c2nonc2N)CC1. The number of anilines is 1. The van der Waals surface area contributed by atoms with Crippen LogP contribution in [0.3, 0.4) is 0 Å². The maximum Gasteiger partial charge on any atom is 0.280 e. The molecule has 1 aliphatic rings. The third-order valence-electron chi connectivity index (χ3n) is 2.92. The van der Waals surface area contributed by atoms with Crippen LogP contribution in [0.15, 0.2) is 4.63 Å². The standard InChI is InChI=1S/C10H17N5O2/c1-2-3-14-4-6-15(7-5-14)10(16)8-9(11)13-17-12-8/h2-7H2,1H3,(H2,11,13). The molecule has 0 radical (unpaired) electrons. The van der Waals surface area contributed by atoms with E-state index in [-0.39, 0.29) is 17.4 Å². The monoisotopic (exact) mass is 239 g/mol. The normalized spacial score (nSPS) is 17.4. The highest BCUT2D eigenvalue weighted by Crippen LogP contribution is 2.11. The Bertz CT molecular complexity index is 384. The van der Waals surface area contributed by atoms with Crippen molar-refractivity contribution < 1.29 is 9.42 Å². The fourth-order valence-corrected chi connectivity index (χ4v) is 1.98. The summed E-state index contributed by atoms with van der Waals surface area (Å²) >= 11 is 0. The summed E-state index contributed by atoms with van der Waals surface area (Å²) in [5.74, 6) is -0.133. The van der Waals surface area contributed by atoms with Gasteiger partial charge in [-0.25, -0.2) is 4.63 Å². The molecule has 1 fully saturated rings. The Hall–Kier alpha value is -1.63. The summed E-state index contributed by atoms with van der Waals surface area (Å²) in [7, 11) is 0. The van der Waals surface area contributed by atoms with Gasteiger partial charge >= 0.3 is 0 Å². The summed E-state index contributed by atoms with van der Waals surface area (Å²) in [5.41, 5.74) is 5.62. The zero-order valence-corrected chi connectivity index (χ0v) is 9.93. The molecule has 7 heteroatoms. The van der Waals surface area contributed by atoms with E-state index in [1.54, 1.807) is 4.90 Å². The van der Waals surface area contributed by atoms with Gasteiger partial charge in [0.25, 0.3) is 5.91 Å². The first-order chi connectivity index (χ1) is 8.22. The molecule has 1 saturated heterocycles. The van der Waals surface area contributed by atoms with Crippen LogP contribution in [0.4, 0.5) is 5.82 Å². The van der Waals surface area contributed by atoms with Crippen molar-refractivity contribution in [1.82, 2.24) is 20.1 Å². The molecule has 0 atom stereocenters. The number of carbonyl (C=O) groups excluding carboxylic acids is 1. The second kappa shape index (κ2) is 5.13. The van der Waals surface area contributed by atoms with Gasteiger partial charge in [-0.1, -0.05) is 6.92 Å². The number of nitrogen functional groups attached to an aromatic ring is 1. The van der Waals surface area contributed by atoms with Crippen LogP contribution >= 0.6 is 0 Å². The molecular formula is C10H17N5O2. The highest BCUT2D eigenvalue weighted by atomic mass is 16.6. The lowest BCUT2D eigenvalue weighted by Gasteiger charge is -2.34. The summed E-state index contributed by atoms with van der Waals surface area (Å²) in [5, 5.41) is 6.94. The van der Waals surface area contributed by atoms with E-state index in [9.17, 15) is 4.79 Å². The first-order valence-electron chi connectivity index (χ1n) is 5.82. The minimum absolute atomic E-state index is 0.0611. The van der Waals surface area contributed by atoms with Crippen molar-refractivity contribution in [2.45, 2.75) is 13.3 Å². The van der Waals surface area contributed by atoms with Gasteiger partial charge in [-0.15, -0.1) is 0 Å². The number of hydrogen-bond acceptors (Lipinski definition) is 6. The molecule has 0 unspecified atom stereocenters. The van der Waals surface area contributed by atoms with E-state index in [0.29, 0.717) is 13.1 Å². The highest BCUT2D eigenvalue weighted by molar-refractivity contribution is 5.96. The van der Waals surface area contributed by atoms with Gasteiger partial charge in [0.2, 0.25) is 11.5 Å². The molecule has 0 bridgehead atoms. The predicted octanol–water partition coefficient (Wildman–Crippen LogP) is -0.180. The first-order valence-corrected chi connectivity index (χ1v) is 5.82. The number of piperazine rings is 1. The van der Waals surface area contributed by atoms with Crippen LogP contribution in [0.25, 0.3) is 0 Å². The van der Waals surface area contributed by atoms with Gasteiger partial charge in [0, 0.05) is 26.2 Å². The third-order valence-corrected chi connectivity index (χ3v) is 2.92. The van der Waals surface area contributed by atoms with Gasteiger partial charge in [0.1, 0.15) is 0 Å². The fourth-order valence-electron chi connectivity index (χ4n) is 1.98. The number of hydrogen-bond donors (Lipinski definition) is 1. The van der Waals surface area contributed by atoms with E-state index in [1.807, 2.05) is 0 Å². The van der Waals surface area contributed by atoms with E-state index in [4.69, 9.17) is 5.73 Å². The number of aromatic nitrogens is 2. The van der Waals surface area contributed by atoms with Crippen molar-refractivity contribution in [3.05, 3.63) is 5.69 Å². The van der Waals surface area contributed by atoms with Crippen LogP contribution < -0.4 is 5.73 Å². The Morgan fingerprint density at radius 1 is 1.35 bits per heavy atom. The minimum atomic E-state index is -0.195. The second-order valence-electron chi connectivity index (χ2n) is 4.13. The molecule has 94 valence electrons. The Balaban J connectivity index is 1.93. The van der Waals surface area contributed by atoms with Gasteiger partial charge in [-0.2, -0.15) is 0 Å². The lowest BCUT2D eigenvalue weighted by atomic mass is 10.2. The van der Waals surface area contributed by atoms with Crippen LogP contribution in [0.2, 0.25) is 0 Å². The molecule has 2 heterocycles. The van der Waals surface area contributed by atoms with Gasteiger partial charge < -0.3 is 10.6 Å². The maximum atomic E-state index is 12.0. The Labute approximate surface area is 99.5 Å². The average Bonchev–Trinajstić information content (AvgIpc) is 2.76. The summed E-state index contributed by atoms with van der Waals surface area (Å²) < 4.78 is 4.43. The number of rotatable bonds is 3. The zero-order valence-electron chi connectivity index (χ0n) is 9.93. The second-order valence-corrected chi connectivity index (χ2v) is 4.13. The number of nitrogens with two attached hydrogens (primary N) is 1. The molecular weight excluding hydrogens is 222 g/mol. The summed E-state index contributed by atoms with van der Waals surface area (Å²) in [4.78, 5) is 16.1. The van der Waals surface area contributed by atoms with E-state index in [2.05, 4.69) is 26.8 Å². The highest BCUT2D eigenvalue weighted by Gasteiger charge is 2.25. The summed E-state index contributed by atoms with van der Waals surface area (Å²) in [6.07, 6.45) is 1.13. The van der Waals surface area contributed by atoms with Crippen LogP contribution in [-0.4, -0.2) is 58.7 Å². The topological polar surface area (TPSA) is 88.5 Å². The molecule has 0 saturated carbocycles. The molecule has 7 nitrogen and oxygen atoms in total. The van der Waals surface area contributed by atoms with E-state index < -0.39 is 0 Å². The minimum Gasteiger partial charge on any atom is -0.379 e. The van der Waals surface area contributed by atoms with Crippen molar-refractivity contribution in [3.63, 3.8) is 0 Å². The molecule has 0 aliphatic carbocycles. The maximum absolute atomic E-state index is 12.0. The molecule has 0 aromatic carbocycles. The molecule has 1 aliphatic heterocycles. The van der Waals surface area contributed by atoms with Gasteiger partial charge in [-0.3, -0.25) is 9.69 Å². The molecule has 1 amide bonds. The van der Waals surface area contributed by atoms with Crippen molar-refractivity contribution in [1.29, 1.82) is 0 Å². The summed E-state index contributed by atoms with van der Waals surface area (Å²) in [6, 6.07) is 0. The Morgan fingerprint density at radius 2 is 2.06 bits per heavy atom. The van der Waals surface area contributed by atoms with Crippen LogP contribution in [0.5, 0.6) is 0 Å². The Morgan fingerprint density at radius 3 is 2.59 bits per heavy atom. The van der Waals surface area contributed by atoms with Crippen molar-refractivity contribution in [2.24, 2.45) is 0 Å². The van der Waals surface area contributed by atoms with Crippen molar-refractivity contribution >= 4 is 11.7 Å². The largest absolute Gasteiger partial charge is 0.379 e. The molecule has 17 heavy (non-hydrogen) atoms. The van der Waals surface area contributed by atoms with Crippen LogP contribution in [0, 0.1) is 0 Å². The number of carbonyl (C=O) groups is 1. The lowest BCUT2D eigenvalue weighted by Crippen LogP contribution is -2.48. The quantitative estimate of drug-likeness (QED) is 0.787. The zero-order chi connectivity index (χ0) is 12.3. The molecule has 2 N–H and O–H groups in total. The van der Waals surface area contributed by atoms with Crippen LogP contribution in [-0.2, 0) is 0 Å². The molecule has 2 rings (SSSR count). The van der Waals surface area contributed by atoms with E-state index >= 15 is 0 Å². The number of nitrogens with zero attached hydrogens (tertiary/aromatic N) is 4. The average molecular weight is 239 g/mol. The molecule has 1 aromatic heterocycles. The number of amides is 1. The van der Waals surface area contributed by atoms with E-state index in [0.717, 1.165) is 26.1 Å².